The second-order valence-electron chi connectivity index (χ2n) is 6.62. The van der Waals surface area contributed by atoms with Crippen molar-refractivity contribution in [3.8, 4) is 5.75 Å². The molecule has 0 aromatic heterocycles. The predicted molar refractivity (Wildman–Crippen MR) is 97.7 cm³/mol. The Bertz CT molecular complexity index is 682. The second kappa shape index (κ2) is 8.17. The molecule has 0 saturated carbocycles. The fourth-order valence-corrected chi connectivity index (χ4v) is 2.93. The number of ether oxygens (including phenoxy) is 2. The molecule has 2 aromatic carbocycles. The highest BCUT2D eigenvalue weighted by molar-refractivity contribution is 5.78. The predicted octanol–water partition coefficient (Wildman–Crippen LogP) is 3.79. The van der Waals surface area contributed by atoms with Crippen molar-refractivity contribution in [2.24, 2.45) is 0 Å². The SMILES string of the molecule is CC(C)c1ccc(C2CN(C(=O)COc3ccccc3)CCO2)cc1. The molecule has 0 aliphatic carbocycles. The van der Waals surface area contributed by atoms with E-state index in [1.807, 2.05) is 35.2 Å². The smallest absolute Gasteiger partial charge is 0.260 e. The third-order valence-corrected chi connectivity index (χ3v) is 4.50. The van der Waals surface area contributed by atoms with Gasteiger partial charge in [0.2, 0.25) is 0 Å². The number of hydrogen-bond acceptors (Lipinski definition) is 3. The summed E-state index contributed by atoms with van der Waals surface area (Å²) in [7, 11) is 0. The van der Waals surface area contributed by atoms with E-state index in [-0.39, 0.29) is 18.6 Å². The van der Waals surface area contributed by atoms with Gasteiger partial charge in [0, 0.05) is 6.54 Å². The molecule has 1 amide bonds. The van der Waals surface area contributed by atoms with Crippen molar-refractivity contribution < 1.29 is 14.3 Å². The van der Waals surface area contributed by atoms with E-state index >= 15 is 0 Å². The Hall–Kier alpha value is -2.33. The molecule has 1 saturated heterocycles. The number of para-hydroxylation sites is 1. The molecule has 4 heteroatoms. The van der Waals surface area contributed by atoms with Crippen molar-refractivity contribution in [3.05, 3.63) is 65.7 Å². The van der Waals surface area contributed by atoms with E-state index in [1.54, 1.807) is 0 Å². The summed E-state index contributed by atoms with van der Waals surface area (Å²) in [6.07, 6.45) is -0.0735. The first-order valence-corrected chi connectivity index (χ1v) is 8.80. The topological polar surface area (TPSA) is 38.8 Å². The van der Waals surface area contributed by atoms with Gasteiger partial charge in [-0.2, -0.15) is 0 Å². The summed E-state index contributed by atoms with van der Waals surface area (Å²) in [6.45, 7) is 6.14. The monoisotopic (exact) mass is 339 g/mol. The molecule has 1 aliphatic rings. The molecule has 1 fully saturated rings. The molecule has 0 N–H and O–H groups in total. The van der Waals surface area contributed by atoms with Crippen LogP contribution >= 0.6 is 0 Å². The molecule has 132 valence electrons. The van der Waals surface area contributed by atoms with Crippen LogP contribution in [0.2, 0.25) is 0 Å². The lowest BCUT2D eigenvalue weighted by molar-refractivity contribution is -0.141. The zero-order valence-corrected chi connectivity index (χ0v) is 14.9. The molecule has 4 nitrogen and oxygen atoms in total. The molecule has 1 aliphatic heterocycles. The molecule has 25 heavy (non-hydrogen) atoms. The van der Waals surface area contributed by atoms with Crippen molar-refractivity contribution in [1.29, 1.82) is 0 Å². The first kappa shape index (κ1) is 17.5. The Kier molecular flexibility index (Phi) is 5.71. The minimum absolute atomic E-state index is 0.00375. The molecular formula is C21H25NO3. The average molecular weight is 339 g/mol. The maximum Gasteiger partial charge on any atom is 0.260 e. The van der Waals surface area contributed by atoms with Crippen LogP contribution in [0, 0.1) is 0 Å². The van der Waals surface area contributed by atoms with E-state index in [9.17, 15) is 4.79 Å². The summed E-state index contributed by atoms with van der Waals surface area (Å²) in [5, 5.41) is 0. The molecule has 1 atom stereocenters. The van der Waals surface area contributed by atoms with Gasteiger partial charge in [0.25, 0.3) is 5.91 Å². The van der Waals surface area contributed by atoms with Crippen LogP contribution in [0.25, 0.3) is 0 Å². The first-order valence-electron chi connectivity index (χ1n) is 8.80. The van der Waals surface area contributed by atoms with E-state index in [2.05, 4.69) is 38.1 Å². The lowest BCUT2D eigenvalue weighted by Gasteiger charge is -2.33. The Balaban J connectivity index is 1.57. The van der Waals surface area contributed by atoms with Gasteiger partial charge in [0.1, 0.15) is 11.9 Å². The lowest BCUT2D eigenvalue weighted by atomic mass is 9.99. The summed E-state index contributed by atoms with van der Waals surface area (Å²) >= 11 is 0. The molecule has 3 rings (SSSR count). The fraction of sp³-hybridized carbons (Fsp3) is 0.381. The molecule has 2 aromatic rings. The van der Waals surface area contributed by atoms with Gasteiger partial charge in [-0.25, -0.2) is 0 Å². The second-order valence-corrected chi connectivity index (χ2v) is 6.62. The number of nitrogens with zero attached hydrogens (tertiary/aromatic N) is 1. The van der Waals surface area contributed by atoms with Crippen molar-refractivity contribution in [2.75, 3.05) is 26.3 Å². The summed E-state index contributed by atoms with van der Waals surface area (Å²) < 4.78 is 11.4. The third-order valence-electron chi connectivity index (χ3n) is 4.50. The van der Waals surface area contributed by atoms with Crippen LogP contribution in [-0.4, -0.2) is 37.1 Å². The van der Waals surface area contributed by atoms with Crippen LogP contribution in [0.5, 0.6) is 5.75 Å². The van der Waals surface area contributed by atoms with Crippen LogP contribution < -0.4 is 4.74 Å². The van der Waals surface area contributed by atoms with Crippen molar-refractivity contribution in [3.63, 3.8) is 0 Å². The molecule has 1 heterocycles. The quantitative estimate of drug-likeness (QED) is 0.832. The Morgan fingerprint density at radius 2 is 1.88 bits per heavy atom. The lowest BCUT2D eigenvalue weighted by Crippen LogP contribution is -2.44. The van der Waals surface area contributed by atoms with Gasteiger partial charge in [-0.3, -0.25) is 4.79 Å². The van der Waals surface area contributed by atoms with Gasteiger partial charge in [0.15, 0.2) is 6.61 Å². The number of hydrogen-bond donors (Lipinski definition) is 0. The summed E-state index contributed by atoms with van der Waals surface area (Å²) in [5.74, 6) is 1.22. The normalized spacial score (nSPS) is 17.6. The molecule has 0 radical (unpaired) electrons. The zero-order chi connectivity index (χ0) is 17.6. The highest BCUT2D eigenvalue weighted by Crippen LogP contribution is 2.24. The van der Waals surface area contributed by atoms with Gasteiger partial charge >= 0.3 is 0 Å². The summed E-state index contributed by atoms with van der Waals surface area (Å²) in [5.41, 5.74) is 2.43. The fourth-order valence-electron chi connectivity index (χ4n) is 2.93. The van der Waals surface area contributed by atoms with Gasteiger partial charge in [0.05, 0.1) is 13.2 Å². The molecule has 0 bridgehead atoms. The number of morpholine rings is 1. The van der Waals surface area contributed by atoms with E-state index < -0.39 is 0 Å². The summed E-state index contributed by atoms with van der Waals surface area (Å²) in [4.78, 5) is 14.3. The number of carbonyl (C=O) groups excluding carboxylic acids is 1. The number of carbonyl (C=O) groups is 1. The first-order chi connectivity index (χ1) is 12.1. The van der Waals surface area contributed by atoms with E-state index in [0.29, 0.717) is 31.4 Å². The van der Waals surface area contributed by atoms with E-state index in [4.69, 9.17) is 9.47 Å². The molecule has 0 spiro atoms. The Morgan fingerprint density at radius 1 is 1.16 bits per heavy atom. The number of rotatable bonds is 5. The highest BCUT2D eigenvalue weighted by atomic mass is 16.5. The maximum atomic E-state index is 12.4. The minimum atomic E-state index is -0.0735. The maximum absolute atomic E-state index is 12.4. The van der Waals surface area contributed by atoms with E-state index in [0.717, 1.165) is 5.56 Å². The van der Waals surface area contributed by atoms with Gasteiger partial charge in [-0.05, 0) is 29.2 Å². The van der Waals surface area contributed by atoms with Crippen LogP contribution in [-0.2, 0) is 9.53 Å². The van der Waals surface area contributed by atoms with Crippen LogP contribution in [0.1, 0.15) is 37.0 Å². The van der Waals surface area contributed by atoms with Crippen molar-refractivity contribution >= 4 is 5.91 Å². The average Bonchev–Trinajstić information content (AvgIpc) is 2.67. The van der Waals surface area contributed by atoms with Gasteiger partial charge in [-0.1, -0.05) is 56.3 Å². The van der Waals surface area contributed by atoms with Gasteiger partial charge < -0.3 is 14.4 Å². The number of amides is 1. The van der Waals surface area contributed by atoms with Crippen molar-refractivity contribution in [1.82, 2.24) is 4.90 Å². The van der Waals surface area contributed by atoms with E-state index in [1.165, 1.54) is 5.56 Å². The van der Waals surface area contributed by atoms with Crippen LogP contribution in [0.15, 0.2) is 54.6 Å². The standard InChI is InChI=1S/C21H25NO3/c1-16(2)17-8-10-18(11-9-17)20-14-22(12-13-24-20)21(23)15-25-19-6-4-3-5-7-19/h3-11,16,20H,12-15H2,1-2H3. The zero-order valence-electron chi connectivity index (χ0n) is 14.9. The Labute approximate surface area is 149 Å². The van der Waals surface area contributed by atoms with Crippen molar-refractivity contribution in [2.45, 2.75) is 25.9 Å². The highest BCUT2D eigenvalue weighted by Gasteiger charge is 2.25. The Morgan fingerprint density at radius 3 is 2.56 bits per heavy atom. The minimum Gasteiger partial charge on any atom is -0.484 e. The largest absolute Gasteiger partial charge is 0.484 e. The summed E-state index contributed by atoms with van der Waals surface area (Å²) in [6, 6.07) is 17.9. The molecular weight excluding hydrogens is 314 g/mol. The number of benzene rings is 2. The van der Waals surface area contributed by atoms with Gasteiger partial charge in [-0.15, -0.1) is 0 Å². The third kappa shape index (κ3) is 4.60. The van der Waals surface area contributed by atoms with Crippen LogP contribution in [0.3, 0.4) is 0 Å². The molecule has 1 unspecified atom stereocenters. The van der Waals surface area contributed by atoms with Crippen LogP contribution in [0.4, 0.5) is 0 Å².